The molecule has 1 heterocycles. The topological polar surface area (TPSA) is 52.0 Å². The average Bonchev–Trinajstić information content (AvgIpc) is 2.53. The smallest absolute Gasteiger partial charge is 0.261 e. The standard InChI is InChI=1S/C11H11ClN2OS/c1-6-7(2)15-11(14-6)16-10-8(12)4-3-5-9(10)13/h3-5H,13H2,1-2H3. The number of aryl methyl sites for hydroxylation is 2. The average molecular weight is 255 g/mol. The lowest BCUT2D eigenvalue weighted by molar-refractivity contribution is 0.431. The molecule has 16 heavy (non-hydrogen) atoms. The van der Waals surface area contributed by atoms with Gasteiger partial charge in [0.25, 0.3) is 5.22 Å². The summed E-state index contributed by atoms with van der Waals surface area (Å²) in [5.41, 5.74) is 7.35. The normalized spacial score (nSPS) is 10.7. The molecule has 0 aliphatic carbocycles. The van der Waals surface area contributed by atoms with E-state index in [2.05, 4.69) is 4.98 Å². The summed E-state index contributed by atoms with van der Waals surface area (Å²) in [6.07, 6.45) is 0. The Morgan fingerprint density at radius 1 is 1.38 bits per heavy atom. The van der Waals surface area contributed by atoms with Gasteiger partial charge in [-0.25, -0.2) is 4.98 Å². The van der Waals surface area contributed by atoms with Crippen LogP contribution < -0.4 is 5.73 Å². The summed E-state index contributed by atoms with van der Waals surface area (Å²) in [5.74, 6) is 0.813. The van der Waals surface area contributed by atoms with Gasteiger partial charge in [-0.2, -0.15) is 0 Å². The lowest BCUT2D eigenvalue weighted by atomic mass is 10.3. The molecular formula is C11H11ClN2OS. The Morgan fingerprint density at radius 3 is 2.69 bits per heavy atom. The number of hydrogen-bond acceptors (Lipinski definition) is 4. The van der Waals surface area contributed by atoms with Gasteiger partial charge in [0.1, 0.15) is 5.76 Å². The van der Waals surface area contributed by atoms with Crippen molar-refractivity contribution in [2.75, 3.05) is 5.73 Å². The van der Waals surface area contributed by atoms with Crippen LogP contribution >= 0.6 is 23.4 Å². The van der Waals surface area contributed by atoms with Crippen LogP contribution in [0.5, 0.6) is 0 Å². The second-order valence-electron chi connectivity index (χ2n) is 3.38. The van der Waals surface area contributed by atoms with Gasteiger partial charge in [-0.15, -0.1) is 0 Å². The van der Waals surface area contributed by atoms with Gasteiger partial charge in [-0.3, -0.25) is 0 Å². The van der Waals surface area contributed by atoms with Crippen LogP contribution in [0, 0.1) is 13.8 Å². The van der Waals surface area contributed by atoms with Crippen molar-refractivity contribution in [2.45, 2.75) is 24.0 Å². The van der Waals surface area contributed by atoms with Crippen LogP contribution in [-0.2, 0) is 0 Å². The van der Waals surface area contributed by atoms with E-state index in [1.54, 1.807) is 12.1 Å². The highest BCUT2D eigenvalue weighted by molar-refractivity contribution is 7.99. The number of oxazole rings is 1. The van der Waals surface area contributed by atoms with Crippen molar-refractivity contribution in [3.63, 3.8) is 0 Å². The third-order valence-electron chi connectivity index (χ3n) is 2.20. The van der Waals surface area contributed by atoms with Gasteiger partial charge in [0.05, 0.1) is 15.6 Å². The zero-order valence-electron chi connectivity index (χ0n) is 8.95. The fourth-order valence-corrected chi connectivity index (χ4v) is 2.38. The highest BCUT2D eigenvalue weighted by Crippen LogP contribution is 2.37. The number of halogens is 1. The molecule has 2 N–H and O–H groups in total. The van der Waals surface area contributed by atoms with Crippen LogP contribution in [0.25, 0.3) is 0 Å². The van der Waals surface area contributed by atoms with E-state index >= 15 is 0 Å². The third-order valence-corrected chi connectivity index (χ3v) is 3.63. The molecule has 0 radical (unpaired) electrons. The number of nitrogens with zero attached hydrogens (tertiary/aromatic N) is 1. The van der Waals surface area contributed by atoms with Gasteiger partial charge in [0.15, 0.2) is 0 Å². The van der Waals surface area contributed by atoms with E-state index in [-0.39, 0.29) is 0 Å². The minimum Gasteiger partial charge on any atom is -0.436 e. The predicted molar refractivity (Wildman–Crippen MR) is 66.0 cm³/mol. The zero-order chi connectivity index (χ0) is 11.7. The molecule has 0 aliphatic heterocycles. The molecule has 0 bridgehead atoms. The summed E-state index contributed by atoms with van der Waals surface area (Å²) in [7, 11) is 0. The molecule has 0 atom stereocenters. The Bertz CT molecular complexity index is 485. The van der Waals surface area contributed by atoms with Gasteiger partial charge >= 0.3 is 0 Å². The second-order valence-corrected chi connectivity index (χ2v) is 4.75. The number of anilines is 1. The molecule has 5 heteroatoms. The van der Waals surface area contributed by atoms with Crippen molar-refractivity contribution in [2.24, 2.45) is 0 Å². The zero-order valence-corrected chi connectivity index (χ0v) is 10.5. The van der Waals surface area contributed by atoms with Crippen LogP contribution in [0.4, 0.5) is 5.69 Å². The molecule has 2 rings (SSSR count). The molecule has 84 valence electrons. The molecule has 0 saturated heterocycles. The maximum absolute atomic E-state index is 6.06. The number of aromatic nitrogens is 1. The van der Waals surface area contributed by atoms with E-state index in [0.29, 0.717) is 15.9 Å². The van der Waals surface area contributed by atoms with E-state index in [0.717, 1.165) is 16.3 Å². The van der Waals surface area contributed by atoms with Gasteiger partial charge in [-0.1, -0.05) is 17.7 Å². The first-order chi connectivity index (χ1) is 7.58. The summed E-state index contributed by atoms with van der Waals surface area (Å²) in [6, 6.07) is 5.41. The minimum atomic E-state index is 0.565. The molecule has 0 amide bonds. The van der Waals surface area contributed by atoms with E-state index < -0.39 is 0 Å². The van der Waals surface area contributed by atoms with E-state index in [4.69, 9.17) is 21.8 Å². The minimum absolute atomic E-state index is 0.565. The summed E-state index contributed by atoms with van der Waals surface area (Å²) in [4.78, 5) is 5.05. The molecule has 0 fully saturated rings. The predicted octanol–water partition coefficient (Wildman–Crippen LogP) is 3.68. The summed E-state index contributed by atoms with van der Waals surface area (Å²) in [6.45, 7) is 3.78. The van der Waals surface area contributed by atoms with Gasteiger partial charge < -0.3 is 10.2 Å². The molecule has 0 saturated carbocycles. The van der Waals surface area contributed by atoms with Crippen LogP contribution in [0.3, 0.4) is 0 Å². The number of nitrogens with two attached hydrogens (primary N) is 1. The Balaban J connectivity index is 2.33. The molecule has 2 aromatic rings. The van der Waals surface area contributed by atoms with Crippen LogP contribution in [0.1, 0.15) is 11.5 Å². The van der Waals surface area contributed by atoms with Crippen molar-refractivity contribution in [3.05, 3.63) is 34.7 Å². The lowest BCUT2D eigenvalue weighted by Crippen LogP contribution is -1.88. The van der Waals surface area contributed by atoms with Crippen LogP contribution in [0.2, 0.25) is 5.02 Å². The first-order valence-corrected chi connectivity index (χ1v) is 5.93. The molecule has 1 aromatic carbocycles. The SMILES string of the molecule is Cc1nc(Sc2c(N)cccc2Cl)oc1C. The van der Waals surface area contributed by atoms with Crippen LogP contribution in [-0.4, -0.2) is 4.98 Å². The highest BCUT2D eigenvalue weighted by atomic mass is 35.5. The summed E-state index contributed by atoms with van der Waals surface area (Å²) < 4.78 is 5.47. The molecular weight excluding hydrogens is 244 g/mol. The van der Waals surface area contributed by atoms with Crippen LogP contribution in [0.15, 0.2) is 32.7 Å². The Labute approximate surface area is 103 Å². The Morgan fingerprint density at radius 2 is 2.12 bits per heavy atom. The Kier molecular flexibility index (Phi) is 3.12. The maximum atomic E-state index is 6.06. The number of rotatable bonds is 2. The van der Waals surface area contributed by atoms with Crippen molar-refractivity contribution >= 4 is 29.1 Å². The number of nitrogen functional groups attached to an aromatic ring is 1. The van der Waals surface area contributed by atoms with Gasteiger partial charge in [0, 0.05) is 5.69 Å². The molecule has 0 aliphatic rings. The van der Waals surface area contributed by atoms with E-state index in [1.807, 2.05) is 19.9 Å². The van der Waals surface area contributed by atoms with Gasteiger partial charge in [0.2, 0.25) is 0 Å². The van der Waals surface area contributed by atoms with E-state index in [1.165, 1.54) is 11.8 Å². The molecule has 3 nitrogen and oxygen atoms in total. The highest BCUT2D eigenvalue weighted by Gasteiger charge is 2.12. The monoisotopic (exact) mass is 254 g/mol. The number of benzene rings is 1. The lowest BCUT2D eigenvalue weighted by Gasteiger charge is -2.03. The van der Waals surface area contributed by atoms with Crippen molar-refractivity contribution < 1.29 is 4.42 Å². The fraction of sp³-hybridized carbons (Fsp3) is 0.182. The van der Waals surface area contributed by atoms with E-state index in [9.17, 15) is 0 Å². The summed E-state index contributed by atoms with van der Waals surface area (Å²) >= 11 is 7.40. The van der Waals surface area contributed by atoms with Crippen molar-refractivity contribution in [3.8, 4) is 0 Å². The first-order valence-electron chi connectivity index (χ1n) is 4.74. The summed E-state index contributed by atoms with van der Waals surface area (Å²) in [5, 5.41) is 1.17. The van der Waals surface area contributed by atoms with Crippen molar-refractivity contribution in [1.29, 1.82) is 0 Å². The largest absolute Gasteiger partial charge is 0.436 e. The second kappa shape index (κ2) is 4.39. The number of hydrogen-bond donors (Lipinski definition) is 1. The first kappa shape index (κ1) is 11.4. The molecule has 0 spiro atoms. The quantitative estimate of drug-likeness (QED) is 0.831. The molecule has 1 aromatic heterocycles. The fourth-order valence-electron chi connectivity index (χ4n) is 1.21. The third kappa shape index (κ3) is 2.18. The van der Waals surface area contributed by atoms with Gasteiger partial charge in [-0.05, 0) is 37.7 Å². The molecule has 0 unspecified atom stereocenters. The maximum Gasteiger partial charge on any atom is 0.261 e. The Hall–Kier alpha value is -1.13. The van der Waals surface area contributed by atoms with Crippen molar-refractivity contribution in [1.82, 2.24) is 4.98 Å².